The van der Waals surface area contributed by atoms with E-state index in [1.165, 1.54) is 23.4 Å². The van der Waals surface area contributed by atoms with Crippen LogP contribution in [0.3, 0.4) is 0 Å². The van der Waals surface area contributed by atoms with Crippen LogP contribution in [0.25, 0.3) is 0 Å². The number of anilines is 2. The first-order valence-corrected chi connectivity index (χ1v) is 11.1. The Morgan fingerprint density at radius 2 is 1.89 bits per heavy atom. The summed E-state index contributed by atoms with van der Waals surface area (Å²) in [6.07, 6.45) is 2.48. The summed E-state index contributed by atoms with van der Waals surface area (Å²) in [6, 6.07) is 20.2. The summed E-state index contributed by atoms with van der Waals surface area (Å²) in [6.45, 7) is 2.19. The molecule has 1 fully saturated rings. The van der Waals surface area contributed by atoms with Gasteiger partial charge < -0.3 is 10.2 Å². The van der Waals surface area contributed by atoms with Crippen molar-refractivity contribution in [2.45, 2.75) is 23.5 Å². The Hall–Kier alpha value is -2.24. The monoisotopic (exact) mass is 394 g/mol. The molecule has 1 amide bonds. The number of carbonyl (C=O) groups excluding carboxylic acids is 1. The number of thiophene rings is 1. The Kier molecular flexibility index (Phi) is 5.80. The highest BCUT2D eigenvalue weighted by atomic mass is 32.2. The molecule has 0 unspecified atom stereocenters. The van der Waals surface area contributed by atoms with Gasteiger partial charge in [-0.25, -0.2) is 0 Å². The van der Waals surface area contributed by atoms with Gasteiger partial charge in [-0.3, -0.25) is 4.79 Å². The van der Waals surface area contributed by atoms with E-state index in [1.807, 2.05) is 36.4 Å². The summed E-state index contributed by atoms with van der Waals surface area (Å²) in [5.74, 6) is 0.828. The molecule has 1 saturated heterocycles. The Balaban J connectivity index is 1.47. The first-order valence-electron chi connectivity index (χ1n) is 9.20. The average molecular weight is 395 g/mol. The van der Waals surface area contributed by atoms with E-state index >= 15 is 0 Å². The maximum atomic E-state index is 12.9. The van der Waals surface area contributed by atoms with Crippen molar-refractivity contribution in [2.75, 3.05) is 23.3 Å². The molecule has 0 aliphatic carbocycles. The molecule has 4 rings (SSSR count). The van der Waals surface area contributed by atoms with Gasteiger partial charge in [0, 0.05) is 40.0 Å². The minimum atomic E-state index is -0.0529. The number of amides is 1. The second-order valence-corrected chi connectivity index (χ2v) is 8.61. The fourth-order valence-corrected chi connectivity index (χ4v) is 5.10. The quantitative estimate of drug-likeness (QED) is 0.529. The van der Waals surface area contributed by atoms with E-state index in [9.17, 15) is 4.79 Å². The number of nitrogens with one attached hydrogen (secondary N) is 1. The van der Waals surface area contributed by atoms with Crippen LogP contribution in [-0.2, 0) is 5.75 Å². The molecule has 2 aromatic carbocycles. The Bertz CT molecular complexity index is 902. The van der Waals surface area contributed by atoms with Crippen molar-refractivity contribution in [1.82, 2.24) is 0 Å². The smallest absolute Gasteiger partial charge is 0.256 e. The summed E-state index contributed by atoms with van der Waals surface area (Å²) < 4.78 is 0. The molecule has 0 radical (unpaired) electrons. The van der Waals surface area contributed by atoms with E-state index in [1.54, 1.807) is 23.1 Å². The third-order valence-corrected chi connectivity index (χ3v) is 6.84. The molecule has 27 heavy (non-hydrogen) atoms. The molecule has 1 N–H and O–H groups in total. The van der Waals surface area contributed by atoms with E-state index in [4.69, 9.17) is 0 Å². The lowest BCUT2D eigenvalue weighted by Gasteiger charge is -2.18. The van der Waals surface area contributed by atoms with Crippen molar-refractivity contribution in [3.63, 3.8) is 0 Å². The number of nitrogens with zero attached hydrogens (tertiary/aromatic N) is 1. The molecule has 3 aromatic rings. The van der Waals surface area contributed by atoms with Crippen LogP contribution in [0.1, 0.15) is 28.1 Å². The van der Waals surface area contributed by atoms with E-state index in [0.717, 1.165) is 35.0 Å². The highest BCUT2D eigenvalue weighted by Gasteiger charge is 2.15. The number of benzene rings is 2. The molecule has 1 aliphatic heterocycles. The number of rotatable bonds is 6. The number of hydrogen-bond donors (Lipinski definition) is 1. The molecule has 1 aliphatic rings. The number of hydrogen-bond acceptors (Lipinski definition) is 4. The molecule has 3 nitrogen and oxygen atoms in total. The SMILES string of the molecule is O=C(Nc1cccc(N2CCCC2)c1)c1ccccc1SCc1cccs1. The maximum Gasteiger partial charge on any atom is 0.256 e. The van der Waals surface area contributed by atoms with Crippen molar-refractivity contribution in [3.05, 3.63) is 76.5 Å². The van der Waals surface area contributed by atoms with Crippen molar-refractivity contribution >= 4 is 40.4 Å². The zero-order valence-electron chi connectivity index (χ0n) is 15.1. The summed E-state index contributed by atoms with van der Waals surface area (Å²) in [7, 11) is 0. The highest BCUT2D eigenvalue weighted by molar-refractivity contribution is 7.98. The number of thioether (sulfide) groups is 1. The van der Waals surface area contributed by atoms with Gasteiger partial charge in [-0.05, 0) is 54.6 Å². The number of carbonyl (C=O) groups is 1. The molecule has 138 valence electrons. The Morgan fingerprint density at radius 1 is 1.04 bits per heavy atom. The van der Waals surface area contributed by atoms with E-state index in [2.05, 4.69) is 39.9 Å². The predicted molar refractivity (Wildman–Crippen MR) is 116 cm³/mol. The van der Waals surface area contributed by atoms with Gasteiger partial charge in [0.25, 0.3) is 5.91 Å². The molecule has 5 heteroatoms. The lowest BCUT2D eigenvalue weighted by atomic mass is 10.2. The second kappa shape index (κ2) is 8.63. The lowest BCUT2D eigenvalue weighted by molar-refractivity contribution is 0.102. The van der Waals surface area contributed by atoms with Crippen LogP contribution in [0.5, 0.6) is 0 Å². The topological polar surface area (TPSA) is 32.3 Å². The van der Waals surface area contributed by atoms with Gasteiger partial charge in [0.1, 0.15) is 0 Å². The largest absolute Gasteiger partial charge is 0.371 e. The Morgan fingerprint density at radius 3 is 2.70 bits per heavy atom. The van der Waals surface area contributed by atoms with Gasteiger partial charge in [-0.2, -0.15) is 0 Å². The molecular weight excluding hydrogens is 372 g/mol. The van der Waals surface area contributed by atoms with Crippen LogP contribution in [-0.4, -0.2) is 19.0 Å². The van der Waals surface area contributed by atoms with Crippen LogP contribution < -0.4 is 10.2 Å². The predicted octanol–water partition coefficient (Wildman–Crippen LogP) is 5.89. The minimum Gasteiger partial charge on any atom is -0.371 e. The maximum absolute atomic E-state index is 12.9. The summed E-state index contributed by atoms with van der Waals surface area (Å²) in [4.78, 5) is 17.6. The zero-order valence-corrected chi connectivity index (χ0v) is 16.7. The molecule has 0 atom stereocenters. The lowest BCUT2D eigenvalue weighted by Crippen LogP contribution is -2.18. The van der Waals surface area contributed by atoms with Crippen molar-refractivity contribution in [2.24, 2.45) is 0 Å². The zero-order chi connectivity index (χ0) is 18.5. The standard InChI is InChI=1S/C22H22N2OS2/c25-22(23-17-7-5-8-18(15-17)24-12-3-4-13-24)20-10-1-2-11-21(20)27-16-19-9-6-14-26-19/h1-2,5-11,14-15H,3-4,12-13,16H2,(H,23,25). The third-order valence-electron chi connectivity index (χ3n) is 4.66. The van der Waals surface area contributed by atoms with Gasteiger partial charge in [0.15, 0.2) is 0 Å². The van der Waals surface area contributed by atoms with Crippen molar-refractivity contribution in [3.8, 4) is 0 Å². The van der Waals surface area contributed by atoms with Gasteiger partial charge in [0.05, 0.1) is 5.56 Å². The highest BCUT2D eigenvalue weighted by Crippen LogP contribution is 2.29. The first-order chi connectivity index (χ1) is 13.3. The summed E-state index contributed by atoms with van der Waals surface area (Å²) in [5.41, 5.74) is 2.76. The van der Waals surface area contributed by atoms with E-state index < -0.39 is 0 Å². The normalized spacial score (nSPS) is 13.7. The third kappa shape index (κ3) is 4.54. The molecule has 0 bridgehead atoms. The van der Waals surface area contributed by atoms with Crippen molar-refractivity contribution in [1.29, 1.82) is 0 Å². The minimum absolute atomic E-state index is 0.0529. The molecular formula is C22H22N2OS2. The summed E-state index contributed by atoms with van der Waals surface area (Å²) in [5, 5.41) is 5.16. The second-order valence-electron chi connectivity index (χ2n) is 6.56. The van der Waals surface area contributed by atoms with Crippen LogP contribution in [0.4, 0.5) is 11.4 Å². The van der Waals surface area contributed by atoms with Crippen LogP contribution in [0.2, 0.25) is 0 Å². The fourth-order valence-electron chi connectivity index (χ4n) is 3.28. The summed E-state index contributed by atoms with van der Waals surface area (Å²) >= 11 is 3.46. The van der Waals surface area contributed by atoms with Crippen LogP contribution in [0, 0.1) is 0 Å². The van der Waals surface area contributed by atoms with Crippen molar-refractivity contribution < 1.29 is 4.79 Å². The first kappa shape index (κ1) is 18.1. The van der Waals surface area contributed by atoms with Gasteiger partial charge in [0.2, 0.25) is 0 Å². The average Bonchev–Trinajstić information content (AvgIpc) is 3.41. The van der Waals surface area contributed by atoms with Gasteiger partial charge >= 0.3 is 0 Å². The van der Waals surface area contributed by atoms with Gasteiger partial charge in [-0.15, -0.1) is 23.1 Å². The molecule has 0 saturated carbocycles. The Labute approximate surface area is 168 Å². The molecule has 1 aromatic heterocycles. The van der Waals surface area contributed by atoms with Gasteiger partial charge in [-0.1, -0.05) is 24.3 Å². The van der Waals surface area contributed by atoms with E-state index in [0.29, 0.717) is 0 Å². The molecule has 0 spiro atoms. The van der Waals surface area contributed by atoms with Crippen LogP contribution in [0.15, 0.2) is 70.9 Å². The fraction of sp³-hybridized carbons (Fsp3) is 0.227. The van der Waals surface area contributed by atoms with Crippen LogP contribution >= 0.6 is 23.1 Å². The molecule has 2 heterocycles. The van der Waals surface area contributed by atoms with E-state index in [-0.39, 0.29) is 5.91 Å².